The number of benzene rings is 2. The van der Waals surface area contributed by atoms with E-state index in [-0.39, 0.29) is 29.8 Å². The highest BCUT2D eigenvalue weighted by atomic mass is 19.1. The van der Waals surface area contributed by atoms with Crippen LogP contribution in [0.5, 0.6) is 0 Å². The Balaban J connectivity index is 1.43. The van der Waals surface area contributed by atoms with Crippen molar-refractivity contribution in [3.8, 4) is 5.69 Å². The summed E-state index contributed by atoms with van der Waals surface area (Å²) in [6.45, 7) is 1.29. The van der Waals surface area contributed by atoms with E-state index in [0.717, 1.165) is 24.8 Å². The Morgan fingerprint density at radius 1 is 1.19 bits per heavy atom. The Labute approximate surface area is 180 Å². The van der Waals surface area contributed by atoms with Crippen molar-refractivity contribution in [3.63, 3.8) is 0 Å². The highest BCUT2D eigenvalue weighted by Gasteiger charge is 2.27. The molecular weight excluding hydrogens is 397 g/mol. The first-order valence-corrected chi connectivity index (χ1v) is 10.3. The molecule has 1 atom stereocenters. The smallest absolute Gasteiger partial charge is 0.342 e. The minimum Gasteiger partial charge on any atom is -0.452 e. The second kappa shape index (κ2) is 8.71. The van der Waals surface area contributed by atoms with E-state index in [2.05, 4.69) is 17.2 Å². The maximum absolute atomic E-state index is 14.1. The van der Waals surface area contributed by atoms with Gasteiger partial charge in [-0.05, 0) is 49.4 Å². The fourth-order valence-corrected chi connectivity index (χ4v) is 4.09. The van der Waals surface area contributed by atoms with Gasteiger partial charge in [0.1, 0.15) is 17.1 Å². The first kappa shape index (κ1) is 20.8. The van der Waals surface area contributed by atoms with Crippen molar-refractivity contribution in [1.82, 2.24) is 14.7 Å². The van der Waals surface area contributed by atoms with Gasteiger partial charge in [0, 0.05) is 7.05 Å². The molecule has 1 amide bonds. The van der Waals surface area contributed by atoms with Crippen molar-refractivity contribution in [1.29, 1.82) is 0 Å². The number of para-hydroxylation sites is 1. The Kier molecular flexibility index (Phi) is 5.84. The summed E-state index contributed by atoms with van der Waals surface area (Å²) in [5.41, 5.74) is 3.29. The SMILES string of the molecule is Cc1c(C(=O)OCC(=O)N(C)C2CCCc3ccccc32)cnn1-c1ccccc1F. The van der Waals surface area contributed by atoms with E-state index in [4.69, 9.17) is 4.74 Å². The minimum absolute atomic E-state index is 0.0262. The van der Waals surface area contributed by atoms with Crippen molar-refractivity contribution in [2.45, 2.75) is 32.2 Å². The summed E-state index contributed by atoms with van der Waals surface area (Å²) in [5, 5.41) is 4.11. The molecular formula is C24H24FN3O3. The minimum atomic E-state index is -0.661. The number of carbonyl (C=O) groups is 2. The molecule has 6 nitrogen and oxygen atoms in total. The fraction of sp³-hybridized carbons (Fsp3) is 0.292. The van der Waals surface area contributed by atoms with Crippen molar-refractivity contribution in [3.05, 3.63) is 82.9 Å². The molecule has 0 radical (unpaired) electrons. The summed E-state index contributed by atoms with van der Waals surface area (Å²) in [5.74, 6) is -1.38. The van der Waals surface area contributed by atoms with Gasteiger partial charge in [-0.3, -0.25) is 4.79 Å². The predicted molar refractivity (Wildman–Crippen MR) is 113 cm³/mol. The summed E-state index contributed by atoms with van der Waals surface area (Å²) >= 11 is 0. The number of aromatic nitrogens is 2. The van der Waals surface area contributed by atoms with Gasteiger partial charge in [-0.15, -0.1) is 0 Å². The maximum atomic E-state index is 14.1. The van der Waals surface area contributed by atoms with Crippen LogP contribution < -0.4 is 0 Å². The average molecular weight is 421 g/mol. The molecule has 1 aliphatic rings. The predicted octanol–water partition coefficient (Wildman–Crippen LogP) is 4.01. The lowest BCUT2D eigenvalue weighted by atomic mass is 9.87. The first-order chi connectivity index (χ1) is 15.0. The average Bonchev–Trinajstić information content (AvgIpc) is 3.17. The van der Waals surface area contributed by atoms with E-state index >= 15 is 0 Å². The topological polar surface area (TPSA) is 64.4 Å². The quantitative estimate of drug-likeness (QED) is 0.584. The standard InChI is InChI=1S/C24H24FN3O3/c1-16-19(14-26-28(16)22-12-6-5-11-20(22)25)24(30)31-15-23(29)27(2)21-13-7-9-17-8-3-4-10-18(17)21/h3-6,8,10-12,14,21H,7,9,13,15H2,1-2H3. The molecule has 2 aromatic carbocycles. The largest absolute Gasteiger partial charge is 0.452 e. The summed E-state index contributed by atoms with van der Waals surface area (Å²) in [6, 6.07) is 14.3. The monoisotopic (exact) mass is 421 g/mol. The molecule has 0 saturated carbocycles. The van der Waals surface area contributed by atoms with E-state index in [0.29, 0.717) is 5.69 Å². The lowest BCUT2D eigenvalue weighted by Crippen LogP contribution is -2.36. The van der Waals surface area contributed by atoms with Crippen LogP contribution in [0.3, 0.4) is 0 Å². The fourth-order valence-electron chi connectivity index (χ4n) is 4.09. The van der Waals surface area contributed by atoms with E-state index in [1.807, 2.05) is 12.1 Å². The second-order valence-corrected chi connectivity index (χ2v) is 7.69. The van der Waals surface area contributed by atoms with Crippen LogP contribution >= 0.6 is 0 Å². The third-order valence-electron chi connectivity index (χ3n) is 5.84. The van der Waals surface area contributed by atoms with Crippen LogP contribution in [0, 0.1) is 12.7 Å². The molecule has 4 rings (SSSR count). The number of halogens is 1. The van der Waals surface area contributed by atoms with Gasteiger partial charge in [0.05, 0.1) is 17.9 Å². The molecule has 1 unspecified atom stereocenters. The van der Waals surface area contributed by atoms with E-state index in [9.17, 15) is 14.0 Å². The molecule has 1 heterocycles. The lowest BCUT2D eigenvalue weighted by molar-refractivity contribution is -0.135. The molecule has 0 aliphatic heterocycles. The Hall–Kier alpha value is -3.48. The van der Waals surface area contributed by atoms with Crippen molar-refractivity contribution in [2.24, 2.45) is 0 Å². The molecule has 0 N–H and O–H groups in total. The molecule has 31 heavy (non-hydrogen) atoms. The van der Waals surface area contributed by atoms with Crippen LogP contribution in [0.25, 0.3) is 5.69 Å². The van der Waals surface area contributed by atoms with Gasteiger partial charge in [-0.25, -0.2) is 13.9 Å². The highest BCUT2D eigenvalue weighted by molar-refractivity contribution is 5.92. The van der Waals surface area contributed by atoms with Gasteiger partial charge in [0.2, 0.25) is 0 Å². The normalized spacial score (nSPS) is 15.3. The van der Waals surface area contributed by atoms with Crippen LogP contribution in [0.15, 0.2) is 54.7 Å². The van der Waals surface area contributed by atoms with E-state index in [1.54, 1.807) is 37.1 Å². The van der Waals surface area contributed by atoms with Gasteiger partial charge in [0.25, 0.3) is 5.91 Å². The molecule has 1 aromatic heterocycles. The number of hydrogen-bond donors (Lipinski definition) is 0. The molecule has 0 saturated heterocycles. The number of likely N-dealkylation sites (N-methyl/N-ethyl adjacent to an activating group) is 1. The number of carbonyl (C=O) groups excluding carboxylic acids is 2. The Bertz CT molecular complexity index is 1120. The van der Waals surface area contributed by atoms with Crippen LogP contribution in [-0.2, 0) is 16.0 Å². The van der Waals surface area contributed by atoms with Gasteiger partial charge in [-0.2, -0.15) is 5.10 Å². The van der Waals surface area contributed by atoms with Gasteiger partial charge in [0.15, 0.2) is 6.61 Å². The zero-order valence-electron chi connectivity index (χ0n) is 17.5. The number of nitrogens with zero attached hydrogens (tertiary/aromatic N) is 3. The number of ether oxygens (including phenoxy) is 1. The number of amides is 1. The number of aryl methyl sites for hydroxylation is 1. The summed E-state index contributed by atoms with van der Waals surface area (Å²) in [6.07, 6.45) is 4.22. The lowest BCUT2D eigenvalue weighted by Gasteiger charge is -2.33. The first-order valence-electron chi connectivity index (χ1n) is 10.3. The molecule has 7 heteroatoms. The van der Waals surface area contributed by atoms with Crippen LogP contribution in [0.4, 0.5) is 4.39 Å². The number of rotatable bonds is 5. The van der Waals surface area contributed by atoms with Gasteiger partial charge < -0.3 is 9.64 Å². The van der Waals surface area contributed by atoms with Gasteiger partial charge >= 0.3 is 5.97 Å². The summed E-state index contributed by atoms with van der Waals surface area (Å²) in [7, 11) is 1.74. The van der Waals surface area contributed by atoms with E-state index < -0.39 is 11.8 Å². The van der Waals surface area contributed by atoms with Crippen LogP contribution in [0.2, 0.25) is 0 Å². The van der Waals surface area contributed by atoms with Crippen LogP contribution in [-0.4, -0.2) is 40.2 Å². The highest BCUT2D eigenvalue weighted by Crippen LogP contribution is 2.33. The Morgan fingerprint density at radius 2 is 1.94 bits per heavy atom. The Morgan fingerprint density at radius 3 is 2.74 bits per heavy atom. The van der Waals surface area contributed by atoms with Crippen LogP contribution in [0.1, 0.15) is 46.1 Å². The molecule has 0 spiro atoms. The molecule has 160 valence electrons. The van der Waals surface area contributed by atoms with Crippen molar-refractivity contribution < 1.29 is 18.7 Å². The third-order valence-corrected chi connectivity index (χ3v) is 5.84. The van der Waals surface area contributed by atoms with Gasteiger partial charge in [-0.1, -0.05) is 36.4 Å². The number of fused-ring (bicyclic) bond motifs is 1. The second-order valence-electron chi connectivity index (χ2n) is 7.69. The molecule has 0 bridgehead atoms. The molecule has 0 fully saturated rings. The summed E-state index contributed by atoms with van der Waals surface area (Å²) < 4.78 is 20.7. The summed E-state index contributed by atoms with van der Waals surface area (Å²) in [4.78, 5) is 26.9. The zero-order valence-corrected chi connectivity index (χ0v) is 17.5. The maximum Gasteiger partial charge on any atom is 0.342 e. The molecule has 3 aromatic rings. The number of esters is 1. The number of hydrogen-bond acceptors (Lipinski definition) is 4. The molecule has 1 aliphatic carbocycles. The zero-order chi connectivity index (χ0) is 22.0. The third kappa shape index (κ3) is 4.08. The van der Waals surface area contributed by atoms with E-state index in [1.165, 1.54) is 22.5 Å². The van der Waals surface area contributed by atoms with Crippen molar-refractivity contribution >= 4 is 11.9 Å². The van der Waals surface area contributed by atoms with Crippen molar-refractivity contribution in [2.75, 3.05) is 13.7 Å².